The number of nitrogens with two attached hydrogens (primary N) is 1. The highest BCUT2D eigenvalue weighted by molar-refractivity contribution is 7.89. The van der Waals surface area contributed by atoms with Gasteiger partial charge in [-0.25, -0.2) is 22.0 Å². The summed E-state index contributed by atoms with van der Waals surface area (Å²) < 4.78 is 47.8. The zero-order valence-electron chi connectivity index (χ0n) is 14.7. The summed E-state index contributed by atoms with van der Waals surface area (Å²) in [5.41, 5.74) is 0.689. The molecule has 8 nitrogen and oxygen atoms in total. The number of nitrogens with one attached hydrogen (secondary N) is 1. The van der Waals surface area contributed by atoms with Crippen LogP contribution in [0.1, 0.15) is 37.7 Å². The zero-order valence-corrected chi connectivity index (χ0v) is 16.4. The summed E-state index contributed by atoms with van der Waals surface area (Å²) in [6, 6.07) is 5.70. The number of carbonyl (C=O) groups is 1. The molecule has 1 aromatic rings. The van der Waals surface area contributed by atoms with Gasteiger partial charge in [0.25, 0.3) is 0 Å². The van der Waals surface area contributed by atoms with E-state index in [-0.39, 0.29) is 24.0 Å². The van der Waals surface area contributed by atoms with E-state index in [9.17, 15) is 21.6 Å². The van der Waals surface area contributed by atoms with Crippen LogP contribution >= 0.6 is 0 Å². The number of hydrogen-bond acceptors (Lipinski definition) is 5. The van der Waals surface area contributed by atoms with Gasteiger partial charge in [-0.05, 0) is 30.5 Å². The molecule has 0 aromatic heterocycles. The predicted octanol–water partition coefficient (Wildman–Crippen LogP) is 0.545. The molecular weight excluding hydrogens is 378 g/mol. The van der Waals surface area contributed by atoms with Crippen molar-refractivity contribution in [1.29, 1.82) is 0 Å². The van der Waals surface area contributed by atoms with Crippen molar-refractivity contribution in [2.24, 2.45) is 5.14 Å². The van der Waals surface area contributed by atoms with Gasteiger partial charge in [-0.1, -0.05) is 31.4 Å². The molecule has 0 aliphatic heterocycles. The molecule has 3 N–H and O–H groups in total. The molecular formula is C16H25N3O5S2. The van der Waals surface area contributed by atoms with Gasteiger partial charge in [0.05, 0.1) is 17.7 Å². The largest absolute Gasteiger partial charge is 0.351 e. The lowest BCUT2D eigenvalue weighted by atomic mass is 9.95. The van der Waals surface area contributed by atoms with Gasteiger partial charge in [0.1, 0.15) is 0 Å². The maximum atomic E-state index is 12.2. The molecule has 0 spiro atoms. The topological polar surface area (TPSA) is 127 Å². The average Bonchev–Trinajstić information content (AvgIpc) is 2.57. The Bertz CT molecular complexity index is 829. The highest BCUT2D eigenvalue weighted by Gasteiger charge is 2.29. The van der Waals surface area contributed by atoms with Crippen LogP contribution in [0, 0.1) is 0 Å². The molecule has 0 bridgehead atoms. The van der Waals surface area contributed by atoms with Gasteiger partial charge in [-0.2, -0.15) is 4.31 Å². The van der Waals surface area contributed by atoms with E-state index < -0.39 is 26.0 Å². The first-order valence-corrected chi connectivity index (χ1v) is 11.8. The molecule has 1 fully saturated rings. The van der Waals surface area contributed by atoms with E-state index in [1.54, 1.807) is 12.1 Å². The normalized spacial score (nSPS) is 16.6. The van der Waals surface area contributed by atoms with Gasteiger partial charge in [0, 0.05) is 12.6 Å². The Kier molecular flexibility index (Phi) is 6.78. The number of hydrogen-bond donors (Lipinski definition) is 2. The lowest BCUT2D eigenvalue weighted by Crippen LogP contribution is -2.46. The molecule has 10 heteroatoms. The fourth-order valence-electron chi connectivity index (χ4n) is 3.08. The van der Waals surface area contributed by atoms with Crippen LogP contribution in [0.3, 0.4) is 0 Å². The van der Waals surface area contributed by atoms with Gasteiger partial charge in [0.15, 0.2) is 0 Å². The van der Waals surface area contributed by atoms with Gasteiger partial charge >= 0.3 is 0 Å². The predicted molar refractivity (Wildman–Crippen MR) is 98.1 cm³/mol. The summed E-state index contributed by atoms with van der Waals surface area (Å²) >= 11 is 0. The van der Waals surface area contributed by atoms with Crippen LogP contribution in [0.2, 0.25) is 0 Å². The van der Waals surface area contributed by atoms with Gasteiger partial charge in [-0.3, -0.25) is 4.79 Å². The molecule has 0 atom stereocenters. The van der Waals surface area contributed by atoms with Crippen LogP contribution in [0.25, 0.3) is 0 Å². The summed E-state index contributed by atoms with van der Waals surface area (Å²) in [6.45, 7) is -0.0369. The number of nitrogens with zero attached hydrogens (tertiary/aromatic N) is 1. The van der Waals surface area contributed by atoms with E-state index in [4.69, 9.17) is 5.14 Å². The van der Waals surface area contributed by atoms with Crippen molar-refractivity contribution in [2.45, 2.75) is 49.6 Å². The molecule has 1 aliphatic rings. The van der Waals surface area contributed by atoms with E-state index in [0.29, 0.717) is 5.56 Å². The smallest absolute Gasteiger partial charge is 0.238 e. The third kappa shape index (κ3) is 6.04. The van der Waals surface area contributed by atoms with E-state index in [1.807, 2.05) is 0 Å². The Labute approximate surface area is 154 Å². The Morgan fingerprint density at radius 1 is 1.12 bits per heavy atom. The van der Waals surface area contributed by atoms with Crippen molar-refractivity contribution >= 4 is 26.0 Å². The minimum atomic E-state index is -3.76. The van der Waals surface area contributed by atoms with Crippen LogP contribution < -0.4 is 10.5 Å². The van der Waals surface area contributed by atoms with Gasteiger partial charge < -0.3 is 5.32 Å². The Morgan fingerprint density at radius 2 is 1.69 bits per heavy atom. The van der Waals surface area contributed by atoms with Crippen molar-refractivity contribution in [3.8, 4) is 0 Å². The number of amides is 1. The first-order chi connectivity index (χ1) is 12.1. The van der Waals surface area contributed by atoms with Gasteiger partial charge in [-0.15, -0.1) is 0 Å². The molecule has 0 unspecified atom stereocenters. The monoisotopic (exact) mass is 403 g/mol. The summed E-state index contributed by atoms with van der Waals surface area (Å²) in [6.07, 6.45) is 5.70. The number of primary sulfonamides is 1. The lowest BCUT2D eigenvalue weighted by molar-refractivity contribution is -0.121. The van der Waals surface area contributed by atoms with Crippen molar-refractivity contribution in [2.75, 3.05) is 12.8 Å². The maximum absolute atomic E-state index is 12.2. The molecule has 0 saturated heterocycles. The lowest BCUT2D eigenvalue weighted by Gasteiger charge is -2.31. The first kappa shape index (κ1) is 20.8. The second-order valence-corrected chi connectivity index (χ2v) is 10.1. The fraction of sp³-hybridized carbons (Fsp3) is 0.562. The number of benzene rings is 1. The molecule has 146 valence electrons. The molecule has 0 heterocycles. The number of sulfonamides is 2. The molecule has 26 heavy (non-hydrogen) atoms. The first-order valence-electron chi connectivity index (χ1n) is 8.42. The van der Waals surface area contributed by atoms with Crippen molar-refractivity contribution in [3.05, 3.63) is 29.8 Å². The molecule has 1 aliphatic carbocycles. The Morgan fingerprint density at radius 3 is 2.19 bits per heavy atom. The van der Waals surface area contributed by atoms with Crippen LogP contribution in [-0.2, 0) is 31.4 Å². The minimum Gasteiger partial charge on any atom is -0.351 e. The van der Waals surface area contributed by atoms with Crippen LogP contribution in [0.5, 0.6) is 0 Å². The molecule has 1 saturated carbocycles. The van der Waals surface area contributed by atoms with Crippen molar-refractivity contribution < 1.29 is 21.6 Å². The number of rotatable bonds is 7. The molecule has 1 aromatic carbocycles. The summed E-state index contributed by atoms with van der Waals surface area (Å²) in [5, 5.41) is 7.71. The van der Waals surface area contributed by atoms with Crippen LogP contribution in [-0.4, -0.2) is 45.9 Å². The highest BCUT2D eigenvalue weighted by Crippen LogP contribution is 2.24. The van der Waals surface area contributed by atoms with E-state index >= 15 is 0 Å². The Balaban J connectivity index is 1.95. The van der Waals surface area contributed by atoms with Gasteiger partial charge in [0.2, 0.25) is 26.0 Å². The zero-order chi connectivity index (χ0) is 19.4. The summed E-state index contributed by atoms with van der Waals surface area (Å²) in [4.78, 5) is 12.2. The quantitative estimate of drug-likeness (QED) is 0.687. The van der Waals surface area contributed by atoms with Crippen molar-refractivity contribution in [1.82, 2.24) is 9.62 Å². The van der Waals surface area contributed by atoms with E-state index in [0.717, 1.165) is 38.4 Å². The SMILES string of the molecule is CS(=O)(=O)N(CC(=O)NCc1ccc(S(N)(=O)=O)cc1)C1CCCCC1. The molecule has 0 radical (unpaired) electrons. The summed E-state index contributed by atoms with van der Waals surface area (Å²) in [7, 11) is -7.23. The standard InChI is InChI=1S/C16H25N3O5S2/c1-25(21,22)19(14-5-3-2-4-6-14)12-16(20)18-11-13-7-9-15(10-8-13)26(17,23)24/h7-10,14H,2-6,11-12H2,1H3,(H,18,20)(H2,17,23,24). The highest BCUT2D eigenvalue weighted by atomic mass is 32.2. The van der Waals surface area contributed by atoms with Crippen LogP contribution in [0.15, 0.2) is 29.2 Å². The third-order valence-corrected chi connectivity index (χ3v) is 6.66. The number of carbonyl (C=O) groups excluding carboxylic acids is 1. The van der Waals surface area contributed by atoms with Crippen LogP contribution in [0.4, 0.5) is 0 Å². The average molecular weight is 404 g/mol. The fourth-order valence-corrected chi connectivity index (χ4v) is 4.70. The molecule has 2 rings (SSSR count). The summed E-state index contributed by atoms with van der Waals surface area (Å²) in [5.74, 6) is -0.392. The third-order valence-electron chi connectivity index (χ3n) is 4.45. The van der Waals surface area contributed by atoms with E-state index in [1.165, 1.54) is 16.4 Å². The maximum Gasteiger partial charge on any atom is 0.238 e. The second kappa shape index (κ2) is 8.47. The minimum absolute atomic E-state index is 0.00636. The van der Waals surface area contributed by atoms with Crippen molar-refractivity contribution in [3.63, 3.8) is 0 Å². The Hall–Kier alpha value is -1.49. The molecule has 1 amide bonds. The second-order valence-electron chi connectivity index (χ2n) is 6.57. The van der Waals surface area contributed by atoms with E-state index in [2.05, 4.69) is 5.32 Å².